The van der Waals surface area contributed by atoms with Crippen LogP contribution in [-0.4, -0.2) is 17.6 Å². The molecule has 0 saturated heterocycles. The van der Waals surface area contributed by atoms with Crippen LogP contribution in [0.5, 0.6) is 11.5 Å². The summed E-state index contributed by atoms with van der Waals surface area (Å²) in [6, 6.07) is 29.5. The van der Waals surface area contributed by atoms with Gasteiger partial charge in [0.25, 0.3) is 5.56 Å². The molecule has 1 atom stereocenters. The van der Waals surface area contributed by atoms with Gasteiger partial charge in [-0.15, -0.1) is 0 Å². The zero-order chi connectivity index (χ0) is 29.5. The van der Waals surface area contributed by atoms with Gasteiger partial charge >= 0.3 is 5.97 Å². The lowest BCUT2D eigenvalue weighted by molar-refractivity contribution is 0.0734. The summed E-state index contributed by atoms with van der Waals surface area (Å²) in [4.78, 5) is 32.2. The van der Waals surface area contributed by atoms with Crippen molar-refractivity contribution in [1.82, 2.24) is 4.57 Å². The molecule has 0 spiro atoms. The van der Waals surface area contributed by atoms with Crippen molar-refractivity contribution in [2.45, 2.75) is 18.9 Å². The third-order valence-electron chi connectivity index (χ3n) is 7.79. The number of thiazole rings is 1. The molecule has 43 heavy (non-hydrogen) atoms. The number of ether oxygens (including phenoxy) is 2. The van der Waals surface area contributed by atoms with Crippen molar-refractivity contribution in [2.24, 2.45) is 4.99 Å². The first-order chi connectivity index (χ1) is 21.0. The maximum Gasteiger partial charge on any atom is 0.343 e. The maximum absolute atomic E-state index is 14.0. The minimum Gasteiger partial charge on any atom is -0.497 e. The fraction of sp³-hybridized carbons (Fsp3) is 0.114. The Bertz CT molecular complexity index is 2090. The lowest BCUT2D eigenvalue weighted by Crippen LogP contribution is -2.38. The van der Waals surface area contributed by atoms with Crippen LogP contribution in [0.4, 0.5) is 0 Å². The first-order valence-electron chi connectivity index (χ1n) is 13.8. The van der Waals surface area contributed by atoms with E-state index in [0.717, 1.165) is 40.8 Å². The average Bonchev–Trinajstić information content (AvgIpc) is 3.35. The van der Waals surface area contributed by atoms with Gasteiger partial charge in [-0.1, -0.05) is 77.5 Å². The Labute approximate surface area is 256 Å². The van der Waals surface area contributed by atoms with Gasteiger partial charge in [0.05, 0.1) is 28.9 Å². The molecule has 7 rings (SSSR count). The van der Waals surface area contributed by atoms with Crippen LogP contribution in [0.1, 0.15) is 45.1 Å². The molecule has 1 aromatic heterocycles. The number of aromatic nitrogens is 1. The number of rotatable bonds is 5. The van der Waals surface area contributed by atoms with Crippen LogP contribution < -0.4 is 24.4 Å². The molecule has 1 aliphatic heterocycles. The predicted molar refractivity (Wildman–Crippen MR) is 169 cm³/mol. The van der Waals surface area contributed by atoms with E-state index in [1.54, 1.807) is 48.1 Å². The molecule has 0 bridgehead atoms. The van der Waals surface area contributed by atoms with Gasteiger partial charge in [-0.05, 0) is 83.6 Å². The van der Waals surface area contributed by atoms with E-state index in [2.05, 4.69) is 18.2 Å². The highest BCUT2D eigenvalue weighted by molar-refractivity contribution is 7.07. The molecule has 8 heteroatoms. The van der Waals surface area contributed by atoms with Gasteiger partial charge in [-0.2, -0.15) is 0 Å². The van der Waals surface area contributed by atoms with Crippen LogP contribution in [-0.2, 0) is 6.42 Å². The standard InChI is InChI=1S/C35H25ClN2O4S/c1-41-24-17-12-23(13-18-24)34(40)42-25-15-10-21(11-16-25)20-30-33(39)38-32(27-8-4-5-9-29(27)36)28-19-14-22-6-2-3-7-26(22)31(28)37-35(38)43-30/h2-13,15-18,20,32H,14,19H2,1H3/b30-20+/t32-/m0/s1. The number of fused-ring (bicyclic) bond motifs is 3. The monoisotopic (exact) mass is 604 g/mol. The summed E-state index contributed by atoms with van der Waals surface area (Å²) >= 11 is 8.10. The van der Waals surface area contributed by atoms with Crippen LogP contribution >= 0.6 is 22.9 Å². The Morgan fingerprint density at radius 1 is 0.930 bits per heavy atom. The van der Waals surface area contributed by atoms with Gasteiger partial charge in [-0.3, -0.25) is 9.36 Å². The van der Waals surface area contributed by atoms with Crippen molar-refractivity contribution < 1.29 is 14.3 Å². The third-order valence-corrected chi connectivity index (χ3v) is 9.11. The van der Waals surface area contributed by atoms with Crippen molar-refractivity contribution in [1.29, 1.82) is 0 Å². The number of carbonyl (C=O) groups excluding carboxylic acids is 1. The number of carbonyl (C=O) groups is 1. The number of nitrogens with zero attached hydrogens (tertiary/aromatic N) is 2. The van der Waals surface area contributed by atoms with E-state index in [-0.39, 0.29) is 11.6 Å². The Morgan fingerprint density at radius 3 is 2.42 bits per heavy atom. The van der Waals surface area contributed by atoms with Crippen LogP contribution in [0.3, 0.4) is 0 Å². The van der Waals surface area contributed by atoms with Crippen molar-refractivity contribution in [2.75, 3.05) is 7.11 Å². The van der Waals surface area contributed by atoms with Crippen molar-refractivity contribution in [3.05, 3.63) is 155 Å². The zero-order valence-corrected chi connectivity index (χ0v) is 24.7. The normalized spacial score (nSPS) is 15.7. The first-order valence-corrected chi connectivity index (χ1v) is 15.0. The molecule has 6 nitrogen and oxygen atoms in total. The summed E-state index contributed by atoms with van der Waals surface area (Å²) in [6.45, 7) is 0. The zero-order valence-electron chi connectivity index (χ0n) is 23.1. The SMILES string of the molecule is COc1ccc(C(=O)Oc2ccc(/C=c3/sc4n(c3=O)[C@@H](c3ccccc3Cl)C3=C(N=4)c4ccccc4CC3)cc2)cc1. The fourth-order valence-corrected chi connectivity index (χ4v) is 6.91. The number of hydrogen-bond donors (Lipinski definition) is 0. The molecule has 2 aliphatic rings. The molecule has 0 unspecified atom stereocenters. The van der Waals surface area contributed by atoms with Crippen LogP contribution in [0.15, 0.2) is 112 Å². The second-order valence-electron chi connectivity index (χ2n) is 10.3. The van der Waals surface area contributed by atoms with Gasteiger partial charge in [0.1, 0.15) is 11.5 Å². The molecule has 4 aromatic carbocycles. The van der Waals surface area contributed by atoms with Gasteiger partial charge < -0.3 is 9.47 Å². The molecule has 0 N–H and O–H groups in total. The summed E-state index contributed by atoms with van der Waals surface area (Å²) < 4.78 is 13.0. The van der Waals surface area contributed by atoms with Crippen LogP contribution in [0, 0.1) is 0 Å². The minimum atomic E-state index is -0.464. The van der Waals surface area contributed by atoms with E-state index >= 15 is 0 Å². The molecular weight excluding hydrogens is 580 g/mol. The number of allylic oxidation sites excluding steroid dienone is 1. The highest BCUT2D eigenvalue weighted by atomic mass is 35.5. The van der Waals surface area contributed by atoms with E-state index in [1.165, 1.54) is 16.9 Å². The summed E-state index contributed by atoms with van der Waals surface area (Å²) in [7, 11) is 1.57. The lowest BCUT2D eigenvalue weighted by Gasteiger charge is -2.31. The van der Waals surface area contributed by atoms with Gasteiger partial charge in [-0.25, -0.2) is 9.79 Å². The Kier molecular flexibility index (Phi) is 7.05. The quantitative estimate of drug-likeness (QED) is 0.177. The molecule has 0 amide bonds. The fourth-order valence-electron chi connectivity index (χ4n) is 5.67. The average molecular weight is 605 g/mol. The second-order valence-corrected chi connectivity index (χ2v) is 11.7. The maximum atomic E-state index is 14.0. The van der Waals surface area contributed by atoms with Gasteiger partial charge in [0.15, 0.2) is 4.80 Å². The van der Waals surface area contributed by atoms with Crippen LogP contribution in [0.2, 0.25) is 5.02 Å². The highest BCUT2D eigenvalue weighted by Crippen LogP contribution is 2.42. The van der Waals surface area contributed by atoms with Crippen molar-refractivity contribution in [3.8, 4) is 11.5 Å². The molecule has 0 radical (unpaired) electrons. The van der Waals surface area contributed by atoms with Crippen molar-refractivity contribution >= 4 is 40.7 Å². The number of benzene rings is 4. The third kappa shape index (κ3) is 5.01. The smallest absolute Gasteiger partial charge is 0.343 e. The Morgan fingerprint density at radius 2 is 1.65 bits per heavy atom. The largest absolute Gasteiger partial charge is 0.497 e. The summed E-state index contributed by atoms with van der Waals surface area (Å²) in [5, 5.41) is 0.620. The van der Waals surface area contributed by atoms with Crippen LogP contribution in [0.25, 0.3) is 11.8 Å². The number of esters is 1. The van der Waals surface area contributed by atoms with E-state index < -0.39 is 5.97 Å². The highest BCUT2D eigenvalue weighted by Gasteiger charge is 2.33. The van der Waals surface area contributed by atoms with Gasteiger partial charge in [0, 0.05) is 10.6 Å². The van der Waals surface area contributed by atoms with E-state index in [1.807, 2.05) is 48.5 Å². The van der Waals surface area contributed by atoms with E-state index in [0.29, 0.717) is 31.4 Å². The molecule has 0 saturated carbocycles. The number of methoxy groups -OCH3 is 1. The van der Waals surface area contributed by atoms with Gasteiger partial charge in [0.2, 0.25) is 0 Å². The topological polar surface area (TPSA) is 69.9 Å². The molecular formula is C35H25ClN2O4S. The number of hydrogen-bond acceptors (Lipinski definition) is 6. The summed E-state index contributed by atoms with van der Waals surface area (Å²) in [5.74, 6) is 0.604. The summed E-state index contributed by atoms with van der Waals surface area (Å²) in [5.41, 5.74) is 6.41. The molecule has 1 aliphatic carbocycles. The summed E-state index contributed by atoms with van der Waals surface area (Å²) in [6.07, 6.45) is 3.52. The lowest BCUT2D eigenvalue weighted by atomic mass is 9.83. The molecule has 0 fully saturated rings. The number of aryl methyl sites for hydroxylation is 1. The van der Waals surface area contributed by atoms with E-state index in [4.69, 9.17) is 26.1 Å². The molecule has 212 valence electrons. The molecule has 5 aromatic rings. The predicted octanol–water partition coefficient (Wildman–Crippen LogP) is 6.20. The first kappa shape index (κ1) is 27.1. The Hall–Kier alpha value is -4.72. The van der Waals surface area contributed by atoms with E-state index in [9.17, 15) is 9.59 Å². The number of halogens is 1. The minimum absolute atomic E-state index is 0.117. The second kappa shape index (κ2) is 11.2. The molecule has 2 heterocycles. The Balaban J connectivity index is 1.26. The van der Waals surface area contributed by atoms with Crippen molar-refractivity contribution in [3.63, 3.8) is 0 Å².